The second kappa shape index (κ2) is 13.4. The van der Waals surface area contributed by atoms with Gasteiger partial charge in [-0.05, 0) is 49.8 Å². The third kappa shape index (κ3) is 8.08. The summed E-state index contributed by atoms with van der Waals surface area (Å²) in [6, 6.07) is 18.5. The van der Waals surface area contributed by atoms with Crippen LogP contribution in [0.25, 0.3) is 0 Å². The molecule has 8 heteroatoms. The molecule has 3 rings (SSSR count). The van der Waals surface area contributed by atoms with Crippen molar-refractivity contribution in [2.45, 2.75) is 70.4 Å². The van der Waals surface area contributed by atoms with Crippen LogP contribution in [0.5, 0.6) is 0 Å². The molecule has 2 aromatic carbocycles. The fraction of sp³-hybridized carbons (Fsp3) is 0.500. The molecule has 2 aromatic rings. The highest BCUT2D eigenvalue weighted by molar-refractivity contribution is 7.92. The molecule has 36 heavy (non-hydrogen) atoms. The van der Waals surface area contributed by atoms with Crippen LogP contribution in [0.1, 0.15) is 57.4 Å². The molecular formula is C28H39N3O4S. The van der Waals surface area contributed by atoms with Crippen molar-refractivity contribution in [2.24, 2.45) is 0 Å². The second-order valence-corrected chi connectivity index (χ2v) is 11.4. The maximum absolute atomic E-state index is 13.5. The van der Waals surface area contributed by atoms with Crippen molar-refractivity contribution in [3.63, 3.8) is 0 Å². The van der Waals surface area contributed by atoms with Crippen molar-refractivity contribution < 1.29 is 18.0 Å². The average molecular weight is 514 g/mol. The van der Waals surface area contributed by atoms with Crippen molar-refractivity contribution in [3.05, 3.63) is 66.2 Å². The molecule has 1 N–H and O–H groups in total. The van der Waals surface area contributed by atoms with Crippen molar-refractivity contribution in [3.8, 4) is 0 Å². The van der Waals surface area contributed by atoms with Gasteiger partial charge in [-0.1, -0.05) is 68.3 Å². The summed E-state index contributed by atoms with van der Waals surface area (Å²) < 4.78 is 26.1. The van der Waals surface area contributed by atoms with E-state index in [4.69, 9.17) is 0 Å². The van der Waals surface area contributed by atoms with Gasteiger partial charge in [0.15, 0.2) is 0 Å². The van der Waals surface area contributed by atoms with Gasteiger partial charge in [0.05, 0.1) is 11.9 Å². The molecule has 1 fully saturated rings. The number of hydrogen-bond acceptors (Lipinski definition) is 4. The molecule has 0 bridgehead atoms. The number of hydrogen-bond donors (Lipinski definition) is 1. The lowest BCUT2D eigenvalue weighted by Gasteiger charge is -2.32. The first-order chi connectivity index (χ1) is 17.3. The molecule has 1 saturated carbocycles. The lowest BCUT2D eigenvalue weighted by Crippen LogP contribution is -2.52. The molecular weight excluding hydrogens is 474 g/mol. The van der Waals surface area contributed by atoms with Gasteiger partial charge < -0.3 is 10.2 Å². The smallest absolute Gasteiger partial charge is 0.243 e. The van der Waals surface area contributed by atoms with E-state index in [2.05, 4.69) is 5.32 Å². The molecule has 1 aliphatic carbocycles. The number of anilines is 1. The minimum Gasteiger partial charge on any atom is -0.352 e. The summed E-state index contributed by atoms with van der Waals surface area (Å²) in [5.41, 5.74) is 1.68. The Morgan fingerprint density at radius 3 is 2.17 bits per heavy atom. The molecule has 7 nitrogen and oxygen atoms in total. The van der Waals surface area contributed by atoms with Crippen LogP contribution in [0.15, 0.2) is 60.7 Å². The maximum Gasteiger partial charge on any atom is 0.243 e. The van der Waals surface area contributed by atoms with E-state index in [0.29, 0.717) is 31.5 Å². The third-order valence-electron chi connectivity index (χ3n) is 6.77. The highest BCUT2D eigenvalue weighted by atomic mass is 32.2. The highest BCUT2D eigenvalue weighted by Crippen LogP contribution is 2.20. The zero-order valence-corrected chi connectivity index (χ0v) is 22.3. The van der Waals surface area contributed by atoms with Gasteiger partial charge in [-0.2, -0.15) is 0 Å². The van der Waals surface area contributed by atoms with Crippen molar-refractivity contribution in [1.82, 2.24) is 10.2 Å². The molecule has 0 saturated heterocycles. The number of para-hydroxylation sites is 1. The fourth-order valence-corrected chi connectivity index (χ4v) is 5.83. The Morgan fingerprint density at radius 2 is 1.58 bits per heavy atom. The Labute approximate surface area is 215 Å². The first-order valence-corrected chi connectivity index (χ1v) is 14.8. The van der Waals surface area contributed by atoms with E-state index < -0.39 is 16.1 Å². The summed E-state index contributed by atoms with van der Waals surface area (Å²) in [5, 5.41) is 3.16. The number of rotatable bonds is 13. The Bertz CT molecular complexity index is 1070. The van der Waals surface area contributed by atoms with Crippen LogP contribution >= 0.6 is 0 Å². The topological polar surface area (TPSA) is 86.8 Å². The van der Waals surface area contributed by atoms with E-state index in [1.807, 2.05) is 43.3 Å². The van der Waals surface area contributed by atoms with E-state index in [1.54, 1.807) is 29.2 Å². The first kappa shape index (κ1) is 27.7. The molecule has 1 aliphatic rings. The minimum absolute atomic E-state index is 0.0899. The van der Waals surface area contributed by atoms with Crippen LogP contribution in [0.3, 0.4) is 0 Å². The van der Waals surface area contributed by atoms with Crippen LogP contribution in [0.2, 0.25) is 0 Å². The van der Waals surface area contributed by atoms with Crippen LogP contribution in [-0.4, -0.2) is 56.6 Å². The van der Waals surface area contributed by atoms with E-state index in [1.165, 1.54) is 10.6 Å². The number of amides is 2. The standard InChI is InChI=1S/C28H39N3O4S/c1-3-26(28(33)29-24-15-10-11-16-24)30(22-20-23-13-6-4-7-14-23)27(32)19-12-21-31(36(2,34)35)25-17-8-5-9-18-25/h4-9,13-14,17-18,24,26H,3,10-12,15-16,19-22H2,1-2H3,(H,29,33)/t26-/m0/s1. The lowest BCUT2D eigenvalue weighted by molar-refractivity contribution is -0.141. The number of benzene rings is 2. The Morgan fingerprint density at radius 1 is 0.972 bits per heavy atom. The van der Waals surface area contributed by atoms with E-state index in [-0.39, 0.29) is 30.8 Å². The summed E-state index contributed by atoms with van der Waals surface area (Å²) in [5.74, 6) is -0.214. The summed E-state index contributed by atoms with van der Waals surface area (Å²) in [7, 11) is -3.49. The average Bonchev–Trinajstić information content (AvgIpc) is 3.37. The van der Waals surface area contributed by atoms with E-state index in [9.17, 15) is 18.0 Å². The van der Waals surface area contributed by atoms with Gasteiger partial charge in [-0.3, -0.25) is 13.9 Å². The Kier molecular flexibility index (Phi) is 10.3. The van der Waals surface area contributed by atoms with Crippen LogP contribution in [-0.2, 0) is 26.0 Å². The van der Waals surface area contributed by atoms with E-state index >= 15 is 0 Å². The van der Waals surface area contributed by atoms with Gasteiger partial charge in [0.1, 0.15) is 6.04 Å². The zero-order chi connectivity index (χ0) is 26.0. The molecule has 1 atom stereocenters. The highest BCUT2D eigenvalue weighted by Gasteiger charge is 2.30. The van der Waals surface area contributed by atoms with Crippen LogP contribution in [0.4, 0.5) is 5.69 Å². The van der Waals surface area contributed by atoms with Gasteiger partial charge in [-0.25, -0.2) is 8.42 Å². The molecule has 0 aliphatic heterocycles. The van der Waals surface area contributed by atoms with Crippen molar-refractivity contribution >= 4 is 27.5 Å². The zero-order valence-electron chi connectivity index (χ0n) is 21.4. The van der Waals surface area contributed by atoms with Crippen molar-refractivity contribution in [2.75, 3.05) is 23.7 Å². The number of carbonyl (C=O) groups excluding carboxylic acids is 2. The minimum atomic E-state index is -3.49. The first-order valence-electron chi connectivity index (χ1n) is 13.0. The largest absolute Gasteiger partial charge is 0.352 e. The Balaban J connectivity index is 1.69. The summed E-state index contributed by atoms with van der Waals surface area (Å²) in [4.78, 5) is 28.3. The van der Waals surface area contributed by atoms with Crippen molar-refractivity contribution in [1.29, 1.82) is 0 Å². The molecule has 0 aromatic heterocycles. The summed E-state index contributed by atoms with van der Waals surface area (Å²) in [6.45, 7) is 2.57. The van der Waals surface area contributed by atoms with Gasteiger partial charge in [0.25, 0.3) is 0 Å². The number of nitrogens with zero attached hydrogens (tertiary/aromatic N) is 2. The van der Waals surface area contributed by atoms with Crippen LogP contribution in [0, 0.1) is 0 Å². The molecule has 0 spiro atoms. The second-order valence-electron chi connectivity index (χ2n) is 9.51. The van der Waals surface area contributed by atoms with Crippen LogP contribution < -0.4 is 9.62 Å². The molecule has 2 amide bonds. The third-order valence-corrected chi connectivity index (χ3v) is 7.96. The SMILES string of the molecule is CC[C@@H](C(=O)NC1CCCC1)N(CCc1ccccc1)C(=O)CCCN(c1ccccc1)S(C)(=O)=O. The Hall–Kier alpha value is -2.87. The van der Waals surface area contributed by atoms with Gasteiger partial charge in [0.2, 0.25) is 21.8 Å². The monoisotopic (exact) mass is 513 g/mol. The molecule has 0 radical (unpaired) electrons. The van der Waals surface area contributed by atoms with Gasteiger partial charge >= 0.3 is 0 Å². The summed E-state index contributed by atoms with van der Waals surface area (Å²) in [6.07, 6.45) is 7.10. The number of sulfonamides is 1. The van der Waals surface area contributed by atoms with Gasteiger partial charge in [0, 0.05) is 25.6 Å². The number of carbonyl (C=O) groups is 2. The predicted octanol–water partition coefficient (Wildman–Crippen LogP) is 4.14. The molecule has 196 valence electrons. The van der Waals surface area contributed by atoms with E-state index in [0.717, 1.165) is 31.2 Å². The molecule has 0 heterocycles. The summed E-state index contributed by atoms with van der Waals surface area (Å²) >= 11 is 0. The normalized spacial score (nSPS) is 14.8. The quantitative estimate of drug-likeness (QED) is 0.436. The van der Waals surface area contributed by atoms with Gasteiger partial charge in [-0.15, -0.1) is 0 Å². The number of nitrogens with one attached hydrogen (secondary N) is 1. The predicted molar refractivity (Wildman–Crippen MR) is 144 cm³/mol. The lowest BCUT2D eigenvalue weighted by atomic mass is 10.1. The molecule has 0 unspecified atom stereocenters. The fourth-order valence-electron chi connectivity index (χ4n) is 4.86. The maximum atomic E-state index is 13.5.